The van der Waals surface area contributed by atoms with E-state index in [4.69, 9.17) is 16.3 Å². The lowest BCUT2D eigenvalue weighted by Gasteiger charge is -2.22. The van der Waals surface area contributed by atoms with Gasteiger partial charge in [-0.1, -0.05) is 11.6 Å². The molecule has 1 aliphatic rings. The molecule has 0 saturated carbocycles. The van der Waals surface area contributed by atoms with E-state index >= 15 is 0 Å². The molecule has 3 rings (SSSR count). The van der Waals surface area contributed by atoms with Crippen LogP contribution < -0.4 is 10.6 Å². The number of halogens is 1. The quantitative estimate of drug-likeness (QED) is 0.799. The van der Waals surface area contributed by atoms with Crippen molar-refractivity contribution in [2.24, 2.45) is 0 Å². The first kappa shape index (κ1) is 14.6. The summed E-state index contributed by atoms with van der Waals surface area (Å²) in [6, 6.07) is 3.66. The van der Waals surface area contributed by atoms with Crippen molar-refractivity contribution in [2.45, 2.75) is 25.4 Å². The van der Waals surface area contributed by atoms with E-state index in [2.05, 4.69) is 20.7 Å². The average Bonchev–Trinajstić information content (AvgIpc) is 2.90. The number of anilines is 1. The van der Waals surface area contributed by atoms with Gasteiger partial charge in [0, 0.05) is 19.3 Å². The van der Waals surface area contributed by atoms with E-state index in [1.807, 2.05) is 12.1 Å². The number of pyridine rings is 1. The van der Waals surface area contributed by atoms with Gasteiger partial charge < -0.3 is 15.4 Å². The summed E-state index contributed by atoms with van der Waals surface area (Å²) in [6.45, 7) is 3.71. The average molecular weight is 310 g/mol. The van der Waals surface area contributed by atoms with Gasteiger partial charge in [-0.3, -0.25) is 0 Å². The zero-order valence-electron chi connectivity index (χ0n) is 11.9. The lowest BCUT2D eigenvalue weighted by molar-refractivity contribution is 0.0329. The Hall–Kier alpha value is -1.37. The van der Waals surface area contributed by atoms with E-state index in [1.54, 1.807) is 10.7 Å². The van der Waals surface area contributed by atoms with Gasteiger partial charge in [-0.25, -0.2) is 4.52 Å². The minimum absolute atomic E-state index is 0.418. The predicted molar refractivity (Wildman–Crippen MR) is 82.9 cm³/mol. The molecule has 0 unspecified atom stereocenters. The first-order valence-corrected chi connectivity index (χ1v) is 7.77. The number of hydrogen-bond acceptors (Lipinski definition) is 5. The van der Waals surface area contributed by atoms with Crippen LogP contribution in [0.4, 0.5) is 5.95 Å². The normalized spacial score (nSPS) is 16.4. The molecule has 7 heteroatoms. The first-order valence-electron chi connectivity index (χ1n) is 7.39. The van der Waals surface area contributed by atoms with E-state index in [0.29, 0.717) is 17.1 Å². The monoisotopic (exact) mass is 309 g/mol. The van der Waals surface area contributed by atoms with E-state index in [-0.39, 0.29) is 0 Å². The van der Waals surface area contributed by atoms with Crippen LogP contribution in [0.5, 0.6) is 0 Å². The predicted octanol–water partition coefficient (Wildman–Crippen LogP) is 1.95. The summed E-state index contributed by atoms with van der Waals surface area (Å²) in [4.78, 5) is 4.37. The highest BCUT2D eigenvalue weighted by molar-refractivity contribution is 6.30. The molecule has 21 heavy (non-hydrogen) atoms. The molecule has 1 fully saturated rings. The summed E-state index contributed by atoms with van der Waals surface area (Å²) < 4.78 is 7.53. The van der Waals surface area contributed by atoms with Gasteiger partial charge in [0.1, 0.15) is 0 Å². The molecule has 0 aliphatic carbocycles. The number of ether oxygens (including phenoxy) is 1. The van der Waals surface area contributed by atoms with Gasteiger partial charge >= 0.3 is 0 Å². The van der Waals surface area contributed by atoms with Crippen molar-refractivity contribution in [2.75, 3.05) is 31.6 Å². The van der Waals surface area contributed by atoms with Crippen molar-refractivity contribution in [3.63, 3.8) is 0 Å². The molecule has 2 aromatic rings. The second-order valence-corrected chi connectivity index (χ2v) is 5.62. The molecule has 0 atom stereocenters. The fourth-order valence-corrected chi connectivity index (χ4v) is 2.57. The van der Waals surface area contributed by atoms with Crippen molar-refractivity contribution >= 4 is 23.2 Å². The molecule has 0 spiro atoms. The molecule has 114 valence electrons. The fraction of sp³-hybridized carbons (Fsp3) is 0.571. The van der Waals surface area contributed by atoms with Gasteiger partial charge in [0.15, 0.2) is 5.65 Å². The second-order valence-electron chi connectivity index (χ2n) is 5.19. The number of piperidine rings is 1. The number of hydrogen-bond donors (Lipinski definition) is 2. The minimum Gasteiger partial charge on any atom is -0.378 e. The fourth-order valence-electron chi connectivity index (χ4n) is 2.42. The van der Waals surface area contributed by atoms with Crippen LogP contribution in [0.2, 0.25) is 5.02 Å². The Kier molecular flexibility index (Phi) is 4.90. The molecule has 2 aromatic heterocycles. The summed E-state index contributed by atoms with van der Waals surface area (Å²) >= 11 is 5.92. The van der Waals surface area contributed by atoms with Crippen molar-refractivity contribution in [3.8, 4) is 0 Å². The largest absolute Gasteiger partial charge is 0.378 e. The lowest BCUT2D eigenvalue weighted by atomic mass is 10.1. The third-order valence-electron chi connectivity index (χ3n) is 3.54. The van der Waals surface area contributed by atoms with E-state index in [1.165, 1.54) is 0 Å². The highest BCUT2D eigenvalue weighted by Gasteiger charge is 2.12. The van der Waals surface area contributed by atoms with Crippen LogP contribution in [0.1, 0.15) is 19.3 Å². The van der Waals surface area contributed by atoms with E-state index < -0.39 is 0 Å². The van der Waals surface area contributed by atoms with Gasteiger partial charge in [0.25, 0.3) is 0 Å². The molecule has 6 nitrogen and oxygen atoms in total. The van der Waals surface area contributed by atoms with Gasteiger partial charge in [0.05, 0.1) is 11.1 Å². The minimum atomic E-state index is 0.418. The zero-order chi connectivity index (χ0) is 14.5. The van der Waals surface area contributed by atoms with Crippen LogP contribution in [0.25, 0.3) is 5.65 Å². The molecule has 0 amide bonds. The molecule has 0 bridgehead atoms. The van der Waals surface area contributed by atoms with Gasteiger partial charge in [-0.15, -0.1) is 5.10 Å². The first-order chi connectivity index (χ1) is 10.3. The molecule has 1 aliphatic heterocycles. The number of fused-ring (bicyclic) bond motifs is 1. The summed E-state index contributed by atoms with van der Waals surface area (Å²) in [5.41, 5.74) is 0.785. The zero-order valence-corrected chi connectivity index (χ0v) is 12.6. The molecule has 0 aromatic carbocycles. The molecular formula is C14H20ClN5O. The molecule has 1 saturated heterocycles. The smallest absolute Gasteiger partial charge is 0.243 e. The standard InChI is InChI=1S/C14H20ClN5O/c15-11-2-3-13-18-14(19-20(13)10-11)17-6-1-9-21-12-4-7-16-8-5-12/h2-3,10,12,16H,1,4-9H2,(H,17,19). The molecular weight excluding hydrogens is 290 g/mol. The van der Waals surface area contributed by atoms with E-state index in [0.717, 1.165) is 51.2 Å². The van der Waals surface area contributed by atoms with Crippen LogP contribution in [0.3, 0.4) is 0 Å². The Balaban J connectivity index is 1.40. The number of rotatable bonds is 6. The number of aromatic nitrogens is 3. The SMILES string of the molecule is Clc1ccc2nc(NCCCOC3CCNCC3)nn2c1. The maximum atomic E-state index is 5.92. The van der Waals surface area contributed by atoms with Crippen LogP contribution in [-0.2, 0) is 4.74 Å². The Bertz CT molecular complexity index is 582. The van der Waals surface area contributed by atoms with Gasteiger partial charge in [-0.05, 0) is 44.5 Å². The maximum absolute atomic E-state index is 5.92. The molecule has 0 radical (unpaired) electrons. The van der Waals surface area contributed by atoms with E-state index in [9.17, 15) is 0 Å². The van der Waals surface area contributed by atoms with Gasteiger partial charge in [0.2, 0.25) is 5.95 Å². The number of nitrogens with one attached hydrogen (secondary N) is 2. The van der Waals surface area contributed by atoms with Crippen LogP contribution in [-0.4, -0.2) is 46.9 Å². The molecule has 3 heterocycles. The Morgan fingerprint density at radius 2 is 2.24 bits per heavy atom. The Labute approximate surface area is 128 Å². The Morgan fingerprint density at radius 1 is 1.38 bits per heavy atom. The highest BCUT2D eigenvalue weighted by atomic mass is 35.5. The summed E-state index contributed by atoms with van der Waals surface area (Å²) in [7, 11) is 0. The topological polar surface area (TPSA) is 63.5 Å². The summed E-state index contributed by atoms with van der Waals surface area (Å²) in [6.07, 6.45) is 5.33. The van der Waals surface area contributed by atoms with Crippen LogP contribution in [0.15, 0.2) is 18.3 Å². The van der Waals surface area contributed by atoms with Gasteiger partial charge in [-0.2, -0.15) is 4.98 Å². The summed E-state index contributed by atoms with van der Waals surface area (Å²) in [5.74, 6) is 0.624. The van der Waals surface area contributed by atoms with Crippen LogP contribution >= 0.6 is 11.6 Å². The Morgan fingerprint density at radius 3 is 3.10 bits per heavy atom. The highest BCUT2D eigenvalue weighted by Crippen LogP contribution is 2.11. The lowest BCUT2D eigenvalue weighted by Crippen LogP contribution is -2.32. The van der Waals surface area contributed by atoms with Crippen molar-refractivity contribution < 1.29 is 4.74 Å². The number of nitrogens with zero attached hydrogens (tertiary/aromatic N) is 3. The molecule has 2 N–H and O–H groups in total. The van der Waals surface area contributed by atoms with Crippen molar-refractivity contribution in [1.29, 1.82) is 0 Å². The maximum Gasteiger partial charge on any atom is 0.243 e. The van der Waals surface area contributed by atoms with Crippen LogP contribution in [0, 0.1) is 0 Å². The second kappa shape index (κ2) is 7.06. The third-order valence-corrected chi connectivity index (χ3v) is 3.76. The summed E-state index contributed by atoms with van der Waals surface area (Å²) in [5, 5.41) is 11.5. The van der Waals surface area contributed by atoms with Crippen molar-refractivity contribution in [1.82, 2.24) is 19.9 Å². The third kappa shape index (κ3) is 4.06. The van der Waals surface area contributed by atoms with Crippen molar-refractivity contribution in [3.05, 3.63) is 23.4 Å².